The largest absolute Gasteiger partial charge is 0.460 e. The van der Waals surface area contributed by atoms with E-state index in [-0.39, 0.29) is 23.2 Å². The first kappa shape index (κ1) is 19.8. The van der Waals surface area contributed by atoms with E-state index >= 15 is 0 Å². The number of amides is 1. The van der Waals surface area contributed by atoms with Gasteiger partial charge in [-0.1, -0.05) is 13.8 Å². The average molecular weight is 373 g/mol. The lowest BCUT2D eigenvalue weighted by Gasteiger charge is -2.35. The monoisotopic (exact) mass is 373 g/mol. The molecule has 0 spiro atoms. The van der Waals surface area contributed by atoms with Crippen molar-refractivity contribution in [3.63, 3.8) is 0 Å². The van der Waals surface area contributed by atoms with Crippen molar-refractivity contribution in [3.8, 4) is 0 Å². The Bertz CT molecular complexity index is 688. The van der Waals surface area contributed by atoms with Crippen LogP contribution in [0.3, 0.4) is 0 Å². The molecule has 1 aromatic heterocycles. The lowest BCUT2D eigenvalue weighted by molar-refractivity contribution is -0.157. The lowest BCUT2D eigenvalue weighted by Crippen LogP contribution is -2.49. The van der Waals surface area contributed by atoms with E-state index in [0.29, 0.717) is 24.6 Å². The van der Waals surface area contributed by atoms with E-state index in [4.69, 9.17) is 4.74 Å². The zero-order valence-corrected chi connectivity index (χ0v) is 17.1. The maximum absolute atomic E-state index is 12.5. The normalized spacial score (nSPS) is 25.1. The fourth-order valence-electron chi connectivity index (χ4n) is 4.01. The zero-order valence-electron chi connectivity index (χ0n) is 17.1. The summed E-state index contributed by atoms with van der Waals surface area (Å²) in [7, 11) is 0. The molecule has 1 aliphatic carbocycles. The van der Waals surface area contributed by atoms with Gasteiger partial charge in [0.05, 0.1) is 5.92 Å². The molecule has 148 valence electrons. The minimum Gasteiger partial charge on any atom is -0.460 e. The van der Waals surface area contributed by atoms with Crippen LogP contribution in [-0.2, 0) is 9.53 Å². The first-order valence-corrected chi connectivity index (χ1v) is 9.74. The van der Waals surface area contributed by atoms with Gasteiger partial charge in [-0.05, 0) is 44.2 Å². The van der Waals surface area contributed by atoms with Crippen LogP contribution in [0.15, 0.2) is 24.5 Å². The van der Waals surface area contributed by atoms with Gasteiger partial charge in [-0.25, -0.2) is 0 Å². The van der Waals surface area contributed by atoms with Crippen LogP contribution in [0.4, 0.5) is 0 Å². The van der Waals surface area contributed by atoms with Crippen molar-refractivity contribution in [3.05, 3.63) is 30.1 Å². The fourth-order valence-corrected chi connectivity index (χ4v) is 4.01. The fraction of sp³-hybridized carbons (Fsp3) is 0.667. The van der Waals surface area contributed by atoms with Crippen molar-refractivity contribution < 1.29 is 14.3 Å². The lowest BCUT2D eigenvalue weighted by atomic mass is 10.1. The molecule has 0 N–H and O–H groups in total. The molecular weight excluding hydrogens is 342 g/mol. The van der Waals surface area contributed by atoms with E-state index in [0.717, 1.165) is 19.6 Å². The Balaban J connectivity index is 1.51. The number of hydrogen-bond donors (Lipinski definition) is 0. The van der Waals surface area contributed by atoms with E-state index in [1.807, 2.05) is 25.7 Å². The van der Waals surface area contributed by atoms with E-state index in [1.54, 1.807) is 24.5 Å². The van der Waals surface area contributed by atoms with Gasteiger partial charge in [0.1, 0.15) is 5.60 Å². The van der Waals surface area contributed by atoms with Crippen molar-refractivity contribution in [2.75, 3.05) is 32.7 Å². The molecule has 3 rings (SSSR count). The van der Waals surface area contributed by atoms with Gasteiger partial charge >= 0.3 is 5.97 Å². The zero-order chi connectivity index (χ0) is 19.8. The van der Waals surface area contributed by atoms with Gasteiger partial charge in [-0.15, -0.1) is 0 Å². The topological polar surface area (TPSA) is 62.7 Å². The van der Waals surface area contributed by atoms with Crippen molar-refractivity contribution in [1.82, 2.24) is 14.8 Å². The summed E-state index contributed by atoms with van der Waals surface area (Å²) in [6.07, 6.45) is 3.30. The van der Waals surface area contributed by atoms with Crippen molar-refractivity contribution in [2.24, 2.45) is 17.3 Å². The number of esters is 1. The molecule has 6 heteroatoms. The number of piperazine rings is 1. The number of ether oxygens (including phenoxy) is 1. The van der Waals surface area contributed by atoms with Crippen LogP contribution < -0.4 is 0 Å². The molecule has 1 aromatic rings. The third-order valence-electron chi connectivity index (χ3n) is 5.75. The Morgan fingerprint density at radius 3 is 2.30 bits per heavy atom. The molecule has 2 aliphatic rings. The first-order chi connectivity index (χ1) is 12.6. The number of rotatable bonds is 4. The molecule has 6 nitrogen and oxygen atoms in total. The van der Waals surface area contributed by atoms with Gasteiger partial charge in [0, 0.05) is 50.7 Å². The van der Waals surface area contributed by atoms with Crippen LogP contribution in [0, 0.1) is 17.3 Å². The smallest absolute Gasteiger partial charge is 0.310 e. The molecular formula is C21H31N3O3. The summed E-state index contributed by atoms with van der Waals surface area (Å²) < 4.78 is 5.60. The number of nitrogens with zero attached hydrogens (tertiary/aromatic N) is 3. The average Bonchev–Trinajstić information content (AvgIpc) is 3.14. The van der Waals surface area contributed by atoms with E-state index in [1.165, 1.54) is 0 Å². The van der Waals surface area contributed by atoms with Gasteiger partial charge in [-0.3, -0.25) is 19.5 Å². The first-order valence-electron chi connectivity index (χ1n) is 9.74. The van der Waals surface area contributed by atoms with Gasteiger partial charge in [0.15, 0.2) is 0 Å². The number of hydrogen-bond acceptors (Lipinski definition) is 5. The van der Waals surface area contributed by atoms with Crippen LogP contribution in [0.1, 0.15) is 45.0 Å². The van der Waals surface area contributed by atoms with Crippen LogP contribution in [0.25, 0.3) is 0 Å². The second-order valence-corrected chi connectivity index (χ2v) is 9.27. The molecule has 0 bridgehead atoms. The SMILES string of the molecule is CC(C)(C)OC(=O)[C@@H]1[C@@H](CN2CCN(C(=O)c3ccncc3)CC2)C1(C)C. The maximum Gasteiger partial charge on any atom is 0.310 e. The molecule has 0 radical (unpaired) electrons. The third-order valence-corrected chi connectivity index (χ3v) is 5.75. The molecule has 1 amide bonds. The molecule has 0 unspecified atom stereocenters. The van der Waals surface area contributed by atoms with Gasteiger partial charge in [-0.2, -0.15) is 0 Å². The number of pyridine rings is 1. The Kier molecular flexibility index (Phi) is 5.30. The Morgan fingerprint density at radius 1 is 1.15 bits per heavy atom. The molecule has 1 saturated heterocycles. The van der Waals surface area contributed by atoms with Gasteiger partial charge < -0.3 is 9.64 Å². The molecule has 2 fully saturated rings. The van der Waals surface area contributed by atoms with Crippen molar-refractivity contribution >= 4 is 11.9 Å². The summed E-state index contributed by atoms with van der Waals surface area (Å²) in [6.45, 7) is 14.0. The van der Waals surface area contributed by atoms with Gasteiger partial charge in [0.2, 0.25) is 0 Å². The minimum atomic E-state index is -0.445. The summed E-state index contributed by atoms with van der Waals surface area (Å²) in [6, 6.07) is 3.51. The van der Waals surface area contributed by atoms with E-state index in [2.05, 4.69) is 23.7 Å². The molecule has 2 atom stereocenters. The third kappa shape index (κ3) is 4.49. The summed E-state index contributed by atoms with van der Waals surface area (Å²) >= 11 is 0. The quantitative estimate of drug-likeness (QED) is 0.759. The van der Waals surface area contributed by atoms with Crippen LogP contribution in [-0.4, -0.2) is 65.0 Å². The van der Waals surface area contributed by atoms with Crippen molar-refractivity contribution in [2.45, 2.75) is 40.2 Å². The highest BCUT2D eigenvalue weighted by Crippen LogP contribution is 2.59. The molecule has 0 aromatic carbocycles. The summed E-state index contributed by atoms with van der Waals surface area (Å²) in [5.41, 5.74) is 0.220. The maximum atomic E-state index is 12.5. The molecule has 1 saturated carbocycles. The van der Waals surface area contributed by atoms with Crippen molar-refractivity contribution in [1.29, 1.82) is 0 Å². The van der Waals surface area contributed by atoms with Crippen LogP contribution in [0.2, 0.25) is 0 Å². The van der Waals surface area contributed by atoms with Gasteiger partial charge in [0.25, 0.3) is 5.91 Å². The standard InChI is InChI=1S/C21H31N3O3/c1-20(2,3)27-19(26)17-16(21(17,4)5)14-23-10-12-24(13-11-23)18(25)15-6-8-22-9-7-15/h6-9,16-17H,10-14H2,1-5H3/t16-,17+/m1/s1. The highest BCUT2D eigenvalue weighted by molar-refractivity contribution is 5.94. The van der Waals surface area contributed by atoms with Crippen LogP contribution in [0.5, 0.6) is 0 Å². The molecule has 27 heavy (non-hydrogen) atoms. The predicted molar refractivity (Wildman–Crippen MR) is 103 cm³/mol. The second kappa shape index (κ2) is 7.23. The number of aromatic nitrogens is 1. The molecule has 2 heterocycles. The Morgan fingerprint density at radius 2 is 1.74 bits per heavy atom. The van der Waals surface area contributed by atoms with Crippen LogP contribution >= 0.6 is 0 Å². The summed E-state index contributed by atoms with van der Waals surface area (Å²) in [5.74, 6) is 0.266. The highest BCUT2D eigenvalue weighted by atomic mass is 16.6. The van der Waals surface area contributed by atoms with E-state index < -0.39 is 5.60 Å². The van der Waals surface area contributed by atoms with E-state index in [9.17, 15) is 9.59 Å². The Labute approximate surface area is 161 Å². The second-order valence-electron chi connectivity index (χ2n) is 9.27. The Hall–Kier alpha value is -1.95. The number of carbonyl (C=O) groups excluding carboxylic acids is 2. The summed E-state index contributed by atoms with van der Waals surface area (Å²) in [4.78, 5) is 33.3. The minimum absolute atomic E-state index is 0.0215. The molecule has 1 aliphatic heterocycles. The predicted octanol–water partition coefficient (Wildman–Crippen LogP) is 2.45. The number of carbonyl (C=O) groups is 2. The highest BCUT2D eigenvalue weighted by Gasteiger charge is 2.63. The summed E-state index contributed by atoms with van der Waals surface area (Å²) in [5, 5.41) is 0.